The molecule has 0 bridgehead atoms. The van der Waals surface area contributed by atoms with Gasteiger partial charge in [0, 0.05) is 47.3 Å². The monoisotopic (exact) mass is 532 g/mol. The third-order valence-electron chi connectivity index (χ3n) is 10.0. The van der Waals surface area contributed by atoms with Gasteiger partial charge in [-0.05, 0) is 123 Å². The van der Waals surface area contributed by atoms with Crippen molar-refractivity contribution in [2.24, 2.45) is 17.3 Å². The minimum atomic E-state index is 0.155. The van der Waals surface area contributed by atoms with Crippen molar-refractivity contribution in [3.63, 3.8) is 0 Å². The van der Waals surface area contributed by atoms with Crippen LogP contribution in [0.5, 0.6) is 0 Å². The molecule has 2 N–H and O–H groups in total. The lowest BCUT2D eigenvalue weighted by Gasteiger charge is -2.39. The van der Waals surface area contributed by atoms with Crippen LogP contribution in [0.25, 0.3) is 11.3 Å². The molecule has 4 heterocycles. The van der Waals surface area contributed by atoms with E-state index in [0.29, 0.717) is 0 Å². The Bertz CT molecular complexity index is 1430. The first-order valence-electron chi connectivity index (χ1n) is 15.0. The van der Waals surface area contributed by atoms with E-state index in [1.807, 2.05) is 24.3 Å². The maximum absolute atomic E-state index is 13.4. The van der Waals surface area contributed by atoms with Gasteiger partial charge in [0.15, 0.2) is 0 Å². The minimum absolute atomic E-state index is 0.155. The Balaban J connectivity index is 1.05. The van der Waals surface area contributed by atoms with Crippen LogP contribution < -0.4 is 5.73 Å². The van der Waals surface area contributed by atoms with Gasteiger partial charge in [0.2, 0.25) is 0 Å². The van der Waals surface area contributed by atoms with Crippen LogP contribution in [-0.4, -0.2) is 53.8 Å². The van der Waals surface area contributed by atoms with E-state index in [9.17, 15) is 4.79 Å². The summed E-state index contributed by atoms with van der Waals surface area (Å²) in [5, 5.41) is 0. The fourth-order valence-corrected chi connectivity index (χ4v) is 7.27. The van der Waals surface area contributed by atoms with Crippen LogP contribution in [0.3, 0.4) is 0 Å². The lowest BCUT2D eigenvalue weighted by molar-refractivity contribution is 0.0615. The molecule has 3 fully saturated rings. The second-order valence-electron chi connectivity index (χ2n) is 12.7. The Kier molecular flexibility index (Phi) is 6.23. The molecule has 7 rings (SSSR count). The fourth-order valence-electron chi connectivity index (χ4n) is 7.27. The number of anilines is 1. The standard InChI is InChI=1S/C35H40N4O/c1-35-21-31(35)32-12-9-29(23-39(32)33(22-35)27-7-10-30(36)11-8-27)24-3-5-28(6-4-24)34(40)38-19-15-26(16-20-38)25-13-17-37(2)18-14-25/h3-12,22-23,25-26H,13-21,36H2,1-2H3. The largest absolute Gasteiger partial charge is 0.399 e. The molecule has 206 valence electrons. The average Bonchev–Trinajstić information content (AvgIpc) is 3.69. The number of piperidine rings is 2. The first-order chi connectivity index (χ1) is 19.4. The van der Waals surface area contributed by atoms with Gasteiger partial charge in [0.25, 0.3) is 5.91 Å². The molecule has 2 aromatic carbocycles. The molecule has 1 amide bonds. The van der Waals surface area contributed by atoms with Crippen LogP contribution in [-0.2, 0) is 0 Å². The Morgan fingerprint density at radius 3 is 2.15 bits per heavy atom. The van der Waals surface area contributed by atoms with Gasteiger partial charge >= 0.3 is 0 Å². The molecular weight excluding hydrogens is 492 g/mol. The molecule has 5 heteroatoms. The number of carbonyl (C=O) groups excluding carboxylic acids is 1. The smallest absolute Gasteiger partial charge is 0.253 e. The SMILES string of the molecule is CN1CCC(C2CCN(C(=O)c3ccc(C4=CN5C(c6ccc(N)cc6)=CC6(C)CC6=C5C=C4)cc3)CC2)CC1. The molecule has 2 saturated heterocycles. The third kappa shape index (κ3) is 4.60. The molecule has 0 spiro atoms. The molecule has 5 nitrogen and oxygen atoms in total. The number of hydrogen-bond donors (Lipinski definition) is 1. The van der Waals surface area contributed by atoms with E-state index in [0.717, 1.165) is 66.6 Å². The van der Waals surface area contributed by atoms with Gasteiger partial charge in [0.1, 0.15) is 0 Å². The molecule has 0 radical (unpaired) electrons. The third-order valence-corrected chi connectivity index (χ3v) is 10.0. The van der Waals surface area contributed by atoms with Crippen LogP contribution in [0.15, 0.2) is 84.2 Å². The van der Waals surface area contributed by atoms with Crippen LogP contribution in [0.1, 0.15) is 60.5 Å². The Morgan fingerprint density at radius 1 is 0.850 bits per heavy atom. The summed E-state index contributed by atoms with van der Waals surface area (Å²) in [6, 6.07) is 16.4. The van der Waals surface area contributed by atoms with Crippen LogP contribution >= 0.6 is 0 Å². The second-order valence-corrected chi connectivity index (χ2v) is 12.7. The van der Waals surface area contributed by atoms with E-state index in [4.69, 9.17) is 5.73 Å². The van der Waals surface area contributed by atoms with Gasteiger partial charge in [-0.25, -0.2) is 0 Å². The number of nitrogens with two attached hydrogens (primary N) is 1. The fraction of sp³-hybridized carbons (Fsp3) is 0.400. The van der Waals surface area contributed by atoms with Crippen molar-refractivity contribution < 1.29 is 4.79 Å². The first-order valence-corrected chi connectivity index (χ1v) is 15.0. The van der Waals surface area contributed by atoms with Gasteiger partial charge in [-0.2, -0.15) is 0 Å². The highest BCUT2D eigenvalue weighted by molar-refractivity contribution is 5.95. The highest BCUT2D eigenvalue weighted by Gasteiger charge is 2.49. The quantitative estimate of drug-likeness (QED) is 0.464. The molecular formula is C35H40N4O. The molecule has 40 heavy (non-hydrogen) atoms. The maximum Gasteiger partial charge on any atom is 0.253 e. The van der Waals surface area contributed by atoms with Crippen LogP contribution in [0.2, 0.25) is 0 Å². The first kappa shape index (κ1) is 25.4. The molecule has 1 saturated carbocycles. The lowest BCUT2D eigenvalue weighted by Crippen LogP contribution is -2.42. The topological polar surface area (TPSA) is 52.8 Å². The highest BCUT2D eigenvalue weighted by atomic mass is 16.2. The van der Waals surface area contributed by atoms with Crippen molar-refractivity contribution in [3.05, 3.63) is 101 Å². The number of nitrogen functional groups attached to an aromatic ring is 1. The number of allylic oxidation sites excluding steroid dienone is 5. The molecule has 1 atom stereocenters. The van der Waals surface area contributed by atoms with E-state index >= 15 is 0 Å². The Hall–Kier alpha value is -3.57. The molecule has 1 aliphatic carbocycles. The summed E-state index contributed by atoms with van der Waals surface area (Å²) in [5.74, 6) is 1.79. The van der Waals surface area contributed by atoms with Gasteiger partial charge < -0.3 is 20.4 Å². The molecule has 2 aromatic rings. The predicted molar refractivity (Wildman–Crippen MR) is 163 cm³/mol. The minimum Gasteiger partial charge on any atom is -0.399 e. The number of carbonyl (C=O) groups is 1. The number of nitrogens with zero attached hydrogens (tertiary/aromatic N) is 3. The van der Waals surface area contributed by atoms with Crippen LogP contribution in [0.4, 0.5) is 5.69 Å². The number of amides is 1. The van der Waals surface area contributed by atoms with E-state index < -0.39 is 0 Å². The number of hydrogen-bond acceptors (Lipinski definition) is 4. The van der Waals surface area contributed by atoms with E-state index in [-0.39, 0.29) is 11.3 Å². The van der Waals surface area contributed by atoms with E-state index in [2.05, 4.69) is 77.4 Å². The van der Waals surface area contributed by atoms with E-state index in [1.165, 1.54) is 48.5 Å². The summed E-state index contributed by atoms with van der Waals surface area (Å²) in [6.07, 6.45) is 15.1. The Labute approximate surface area is 238 Å². The van der Waals surface area contributed by atoms with Crippen molar-refractivity contribution >= 4 is 22.9 Å². The van der Waals surface area contributed by atoms with Crippen molar-refractivity contribution in [3.8, 4) is 0 Å². The van der Waals surface area contributed by atoms with Gasteiger partial charge in [-0.3, -0.25) is 4.79 Å². The second kappa shape index (κ2) is 9.81. The van der Waals surface area contributed by atoms with Gasteiger partial charge in [0.05, 0.1) is 0 Å². The van der Waals surface area contributed by atoms with Gasteiger partial charge in [-0.1, -0.05) is 37.3 Å². The maximum atomic E-state index is 13.4. The van der Waals surface area contributed by atoms with Crippen molar-refractivity contribution in [2.45, 2.75) is 39.0 Å². The normalized spacial score (nSPS) is 25.4. The number of likely N-dealkylation sites (tertiary alicyclic amines) is 2. The lowest BCUT2D eigenvalue weighted by atomic mass is 9.79. The van der Waals surface area contributed by atoms with Gasteiger partial charge in [-0.15, -0.1) is 0 Å². The van der Waals surface area contributed by atoms with Crippen molar-refractivity contribution in [2.75, 3.05) is 39.0 Å². The molecule has 1 unspecified atom stereocenters. The molecule has 5 aliphatic rings. The molecule has 0 aromatic heterocycles. The Morgan fingerprint density at radius 2 is 1.48 bits per heavy atom. The van der Waals surface area contributed by atoms with E-state index in [1.54, 1.807) is 0 Å². The summed E-state index contributed by atoms with van der Waals surface area (Å²) >= 11 is 0. The zero-order valence-electron chi connectivity index (χ0n) is 23.8. The van der Waals surface area contributed by atoms with Crippen LogP contribution in [0, 0.1) is 17.3 Å². The highest BCUT2D eigenvalue weighted by Crippen LogP contribution is 2.60. The summed E-state index contributed by atoms with van der Waals surface area (Å²) in [5.41, 5.74) is 15.1. The molecule has 4 aliphatic heterocycles. The number of rotatable bonds is 4. The van der Waals surface area contributed by atoms with Crippen molar-refractivity contribution in [1.82, 2.24) is 14.7 Å². The summed E-state index contributed by atoms with van der Waals surface area (Å²) < 4.78 is 0. The number of fused-ring (bicyclic) bond motifs is 2. The summed E-state index contributed by atoms with van der Waals surface area (Å²) in [7, 11) is 2.23. The zero-order chi connectivity index (χ0) is 27.4. The average molecular weight is 533 g/mol. The summed E-state index contributed by atoms with van der Waals surface area (Å²) in [4.78, 5) is 20.2. The predicted octanol–water partition coefficient (Wildman–Crippen LogP) is 6.39. The van der Waals surface area contributed by atoms with Crippen molar-refractivity contribution in [1.29, 1.82) is 0 Å². The number of benzene rings is 2. The zero-order valence-corrected chi connectivity index (χ0v) is 23.8. The summed E-state index contributed by atoms with van der Waals surface area (Å²) in [6.45, 7) is 6.53.